The van der Waals surface area contributed by atoms with E-state index in [4.69, 9.17) is 9.47 Å². The molecule has 1 amide bonds. The zero-order valence-corrected chi connectivity index (χ0v) is 19.2. The summed E-state index contributed by atoms with van der Waals surface area (Å²) in [6, 6.07) is 9.06. The van der Waals surface area contributed by atoms with Crippen LogP contribution in [0, 0.1) is 19.7 Å². The number of para-hydroxylation sites is 1. The zero-order valence-electron chi connectivity index (χ0n) is 18.4. The third-order valence-electron chi connectivity index (χ3n) is 5.51. The Morgan fingerprint density at radius 3 is 2.36 bits per heavy atom. The maximum atomic E-state index is 13.4. The smallest absolute Gasteiger partial charge is 0.301 e. The fourth-order valence-corrected chi connectivity index (χ4v) is 4.71. The highest BCUT2D eigenvalue weighted by atomic mass is 32.1. The molecule has 1 saturated heterocycles. The first kappa shape index (κ1) is 22.5. The average molecular weight is 469 g/mol. The zero-order chi connectivity index (χ0) is 23.9. The maximum absolute atomic E-state index is 13.4. The van der Waals surface area contributed by atoms with Crippen molar-refractivity contribution in [2.75, 3.05) is 19.1 Å². The number of hydrogen-bond donors (Lipinski definition) is 1. The van der Waals surface area contributed by atoms with Crippen molar-refractivity contribution in [3.05, 3.63) is 75.6 Å². The van der Waals surface area contributed by atoms with Crippen LogP contribution in [-0.4, -0.2) is 36.0 Å². The van der Waals surface area contributed by atoms with Gasteiger partial charge in [-0.15, -0.1) is 11.3 Å². The molecular formula is C24H21FN2O5S. The van der Waals surface area contributed by atoms with E-state index in [0.717, 1.165) is 10.6 Å². The molecular weight excluding hydrogens is 447 g/mol. The van der Waals surface area contributed by atoms with Crippen LogP contribution in [0.5, 0.6) is 11.5 Å². The van der Waals surface area contributed by atoms with Gasteiger partial charge in [-0.1, -0.05) is 12.1 Å². The second-order valence-corrected chi connectivity index (χ2v) is 8.58. The number of anilines is 1. The highest BCUT2D eigenvalue weighted by Crippen LogP contribution is 2.48. The number of ketones is 1. The first-order valence-corrected chi connectivity index (χ1v) is 10.8. The summed E-state index contributed by atoms with van der Waals surface area (Å²) in [5.74, 6) is -1.91. The third-order valence-corrected chi connectivity index (χ3v) is 6.59. The van der Waals surface area contributed by atoms with Gasteiger partial charge in [0.2, 0.25) is 0 Å². The van der Waals surface area contributed by atoms with Crippen molar-refractivity contribution < 1.29 is 28.6 Å². The summed E-state index contributed by atoms with van der Waals surface area (Å²) >= 11 is 1.27. The number of nitrogens with zero attached hydrogens (tertiary/aromatic N) is 2. The Balaban J connectivity index is 2.02. The first-order chi connectivity index (χ1) is 15.8. The van der Waals surface area contributed by atoms with Crippen molar-refractivity contribution in [3.63, 3.8) is 0 Å². The van der Waals surface area contributed by atoms with E-state index in [-0.39, 0.29) is 11.1 Å². The molecule has 0 radical (unpaired) electrons. The average Bonchev–Trinajstić information content (AvgIpc) is 3.28. The fraction of sp³-hybridized carbons (Fsp3) is 0.208. The number of ether oxygens (including phenoxy) is 2. The van der Waals surface area contributed by atoms with E-state index < -0.39 is 29.3 Å². The lowest BCUT2D eigenvalue weighted by Gasteiger charge is -2.25. The number of benzene rings is 2. The van der Waals surface area contributed by atoms with Crippen molar-refractivity contribution in [1.29, 1.82) is 0 Å². The Morgan fingerprint density at radius 2 is 1.79 bits per heavy atom. The summed E-state index contributed by atoms with van der Waals surface area (Å²) < 4.78 is 24.4. The van der Waals surface area contributed by atoms with E-state index in [2.05, 4.69) is 4.98 Å². The molecule has 170 valence electrons. The predicted octanol–water partition coefficient (Wildman–Crippen LogP) is 4.54. The summed E-state index contributed by atoms with van der Waals surface area (Å²) in [5.41, 5.74) is 1.22. The summed E-state index contributed by atoms with van der Waals surface area (Å²) in [4.78, 5) is 33.1. The second kappa shape index (κ2) is 8.67. The number of Topliss-reactive ketones (excluding diaryl/α,β-unsaturated/α-hetero) is 1. The second-order valence-electron chi connectivity index (χ2n) is 7.40. The molecule has 2 heterocycles. The van der Waals surface area contributed by atoms with Gasteiger partial charge >= 0.3 is 5.91 Å². The van der Waals surface area contributed by atoms with E-state index in [1.807, 2.05) is 13.8 Å². The molecule has 33 heavy (non-hydrogen) atoms. The number of rotatable bonds is 5. The molecule has 0 spiro atoms. The van der Waals surface area contributed by atoms with Crippen LogP contribution in [0.25, 0.3) is 5.76 Å². The number of aromatic nitrogens is 1. The molecule has 1 aliphatic rings. The van der Waals surface area contributed by atoms with E-state index >= 15 is 0 Å². The quantitative estimate of drug-likeness (QED) is 0.336. The summed E-state index contributed by atoms with van der Waals surface area (Å²) in [6.07, 6.45) is 0. The van der Waals surface area contributed by atoms with Gasteiger partial charge in [-0.25, -0.2) is 9.37 Å². The van der Waals surface area contributed by atoms with Crippen LogP contribution in [0.4, 0.5) is 9.52 Å². The number of aliphatic hydroxyl groups is 1. The minimum atomic E-state index is -1.04. The topological polar surface area (TPSA) is 89.0 Å². The minimum absolute atomic E-state index is 0.149. The summed E-state index contributed by atoms with van der Waals surface area (Å²) in [7, 11) is 2.93. The third kappa shape index (κ3) is 3.74. The molecule has 1 aromatic heterocycles. The normalized spacial score (nSPS) is 17.5. The van der Waals surface area contributed by atoms with Crippen LogP contribution >= 0.6 is 11.3 Å². The van der Waals surface area contributed by atoms with Crippen molar-refractivity contribution in [2.45, 2.75) is 19.9 Å². The SMILES string of the molecule is COc1cccc(C2/C(=C(\O)c3ccc(F)cc3)C(=O)C(=O)N2c2nc(C)c(C)s2)c1OC. The lowest BCUT2D eigenvalue weighted by atomic mass is 9.94. The van der Waals surface area contributed by atoms with Crippen LogP contribution < -0.4 is 14.4 Å². The van der Waals surface area contributed by atoms with Gasteiger partial charge in [0.05, 0.1) is 25.5 Å². The molecule has 3 aromatic rings. The fourth-order valence-electron chi connectivity index (χ4n) is 3.77. The molecule has 1 unspecified atom stereocenters. The van der Waals surface area contributed by atoms with Crippen molar-refractivity contribution in [1.82, 2.24) is 4.98 Å². The maximum Gasteiger partial charge on any atom is 0.301 e. The number of methoxy groups -OCH3 is 2. The molecule has 0 bridgehead atoms. The van der Waals surface area contributed by atoms with Crippen LogP contribution in [0.3, 0.4) is 0 Å². The van der Waals surface area contributed by atoms with Gasteiger partial charge in [-0.2, -0.15) is 0 Å². The van der Waals surface area contributed by atoms with Gasteiger partial charge in [-0.05, 0) is 44.2 Å². The number of carbonyl (C=O) groups excluding carboxylic acids is 2. The number of aliphatic hydroxyl groups excluding tert-OH is 1. The molecule has 1 N–H and O–H groups in total. The van der Waals surface area contributed by atoms with Crippen molar-refractivity contribution >= 4 is 33.9 Å². The molecule has 0 aliphatic carbocycles. The largest absolute Gasteiger partial charge is 0.507 e. The summed E-state index contributed by atoms with van der Waals surface area (Å²) in [6.45, 7) is 3.68. The van der Waals surface area contributed by atoms with Crippen molar-refractivity contribution in [2.24, 2.45) is 0 Å². The Labute approximate surface area is 193 Å². The van der Waals surface area contributed by atoms with E-state index in [1.54, 1.807) is 18.2 Å². The first-order valence-electron chi connectivity index (χ1n) is 10.00. The molecule has 1 aliphatic heterocycles. The van der Waals surface area contributed by atoms with Gasteiger partial charge in [-0.3, -0.25) is 14.5 Å². The van der Waals surface area contributed by atoms with Gasteiger partial charge in [0, 0.05) is 16.0 Å². The Kier molecular flexibility index (Phi) is 5.90. The number of aryl methyl sites for hydroxylation is 2. The molecule has 1 fully saturated rings. The highest BCUT2D eigenvalue weighted by Gasteiger charge is 2.49. The molecule has 4 rings (SSSR count). The monoisotopic (exact) mass is 468 g/mol. The number of hydrogen-bond acceptors (Lipinski definition) is 7. The van der Waals surface area contributed by atoms with Gasteiger partial charge in [0.15, 0.2) is 16.6 Å². The minimum Gasteiger partial charge on any atom is -0.507 e. The van der Waals surface area contributed by atoms with Crippen molar-refractivity contribution in [3.8, 4) is 11.5 Å². The standard InChI is InChI=1S/C24H21FN2O5S/c1-12-13(2)33-24(26-12)27-19(16-6-5-7-17(31-3)22(16)32-4)18(21(29)23(27)30)20(28)14-8-10-15(25)11-9-14/h5-11,19,28H,1-4H3/b20-18+. The lowest BCUT2D eigenvalue weighted by Crippen LogP contribution is -2.29. The lowest BCUT2D eigenvalue weighted by molar-refractivity contribution is -0.132. The molecule has 7 nitrogen and oxygen atoms in total. The molecule has 1 atom stereocenters. The van der Waals surface area contributed by atoms with Crippen LogP contribution in [0.15, 0.2) is 48.0 Å². The molecule has 2 aromatic carbocycles. The number of thiazole rings is 1. The van der Waals surface area contributed by atoms with Gasteiger partial charge in [0.25, 0.3) is 5.78 Å². The Morgan fingerprint density at radius 1 is 1.09 bits per heavy atom. The van der Waals surface area contributed by atoms with Crippen LogP contribution in [-0.2, 0) is 9.59 Å². The molecule has 9 heteroatoms. The Hall–Kier alpha value is -3.72. The number of amides is 1. The summed E-state index contributed by atoms with van der Waals surface area (Å²) in [5, 5.41) is 11.4. The van der Waals surface area contributed by atoms with Gasteiger partial charge in [0.1, 0.15) is 17.6 Å². The highest BCUT2D eigenvalue weighted by molar-refractivity contribution is 7.16. The number of carbonyl (C=O) groups is 2. The van der Waals surface area contributed by atoms with Crippen LogP contribution in [0.2, 0.25) is 0 Å². The van der Waals surface area contributed by atoms with E-state index in [9.17, 15) is 19.1 Å². The van der Waals surface area contributed by atoms with E-state index in [1.165, 1.54) is 54.7 Å². The predicted molar refractivity (Wildman–Crippen MR) is 122 cm³/mol. The molecule has 0 saturated carbocycles. The Bertz CT molecular complexity index is 1260. The van der Waals surface area contributed by atoms with E-state index in [0.29, 0.717) is 22.2 Å². The van der Waals surface area contributed by atoms with Crippen LogP contribution in [0.1, 0.15) is 27.7 Å². The number of halogens is 1. The van der Waals surface area contributed by atoms with Gasteiger partial charge < -0.3 is 14.6 Å².